The lowest BCUT2D eigenvalue weighted by atomic mass is 10.2. The van der Waals surface area contributed by atoms with E-state index in [1.807, 2.05) is 0 Å². The molecule has 10 heteroatoms. The van der Waals surface area contributed by atoms with Crippen molar-refractivity contribution in [2.75, 3.05) is 13.1 Å². The molecule has 0 amide bonds. The van der Waals surface area contributed by atoms with E-state index in [1.54, 1.807) is 6.92 Å². The van der Waals surface area contributed by atoms with Gasteiger partial charge in [-0.2, -0.15) is 17.5 Å². The van der Waals surface area contributed by atoms with Crippen molar-refractivity contribution in [1.82, 2.24) is 4.31 Å². The highest BCUT2D eigenvalue weighted by Gasteiger charge is 2.39. The van der Waals surface area contributed by atoms with Gasteiger partial charge in [0.2, 0.25) is 10.0 Å². The normalized spacial score (nSPS) is 12.6. The highest BCUT2D eigenvalue weighted by atomic mass is 35.5. The van der Waals surface area contributed by atoms with Gasteiger partial charge in [0.1, 0.15) is 6.54 Å². The first kappa shape index (κ1) is 18.7. The van der Waals surface area contributed by atoms with Crippen LogP contribution in [0.2, 0.25) is 5.02 Å². The van der Waals surface area contributed by atoms with Crippen molar-refractivity contribution in [3.8, 4) is 0 Å². The first-order valence-corrected chi connectivity index (χ1v) is 7.90. The van der Waals surface area contributed by atoms with Crippen molar-refractivity contribution in [3.63, 3.8) is 0 Å². The van der Waals surface area contributed by atoms with Gasteiger partial charge in [-0.05, 0) is 24.6 Å². The fourth-order valence-electron chi connectivity index (χ4n) is 1.77. The van der Waals surface area contributed by atoms with Crippen LogP contribution < -0.4 is 0 Å². The number of hydrogen-bond acceptors (Lipinski definition) is 3. The summed E-state index contributed by atoms with van der Waals surface area (Å²) < 4.78 is 64.2. The van der Waals surface area contributed by atoms with E-state index in [4.69, 9.17) is 16.7 Å². The summed E-state index contributed by atoms with van der Waals surface area (Å²) in [6.07, 6.45) is -4.68. The zero-order valence-corrected chi connectivity index (χ0v) is 13.0. The molecule has 1 aromatic carbocycles. The molecule has 0 saturated heterocycles. The molecule has 22 heavy (non-hydrogen) atoms. The van der Waals surface area contributed by atoms with Crippen molar-refractivity contribution in [2.24, 2.45) is 0 Å². The van der Waals surface area contributed by atoms with Gasteiger partial charge in [-0.3, -0.25) is 4.79 Å². The summed E-state index contributed by atoms with van der Waals surface area (Å²) in [4.78, 5) is 9.73. The number of sulfonamides is 1. The predicted molar refractivity (Wildman–Crippen MR) is 73.1 cm³/mol. The third-order valence-corrected chi connectivity index (χ3v) is 4.79. The minimum Gasteiger partial charge on any atom is -0.480 e. The Morgan fingerprint density at radius 1 is 1.36 bits per heavy atom. The molecule has 0 saturated carbocycles. The van der Waals surface area contributed by atoms with E-state index in [1.165, 1.54) is 0 Å². The standard InChI is InChI=1S/C12H13ClF3NO4S/c1-2-5-17(7-11(18)19)22(20,21)10-4-3-8(13)6-9(10)12(14,15)16/h3-4,6H,2,5,7H2,1H3,(H,18,19). The lowest BCUT2D eigenvalue weighted by Crippen LogP contribution is -2.37. The second-order valence-corrected chi connectivity index (χ2v) is 6.71. The van der Waals surface area contributed by atoms with Crippen molar-refractivity contribution in [3.05, 3.63) is 28.8 Å². The molecule has 0 bridgehead atoms. The number of benzene rings is 1. The van der Waals surface area contributed by atoms with Crippen LogP contribution in [0.5, 0.6) is 0 Å². The number of halogens is 4. The third-order valence-electron chi connectivity index (χ3n) is 2.65. The van der Waals surface area contributed by atoms with Gasteiger partial charge < -0.3 is 5.11 Å². The molecule has 0 heterocycles. The van der Waals surface area contributed by atoms with E-state index in [-0.39, 0.29) is 18.0 Å². The van der Waals surface area contributed by atoms with Crippen molar-refractivity contribution in [1.29, 1.82) is 0 Å². The van der Waals surface area contributed by atoms with E-state index in [9.17, 15) is 26.4 Å². The maximum atomic E-state index is 13.0. The Bertz CT molecular complexity index is 661. The van der Waals surface area contributed by atoms with E-state index >= 15 is 0 Å². The number of hydrogen-bond donors (Lipinski definition) is 1. The lowest BCUT2D eigenvalue weighted by molar-refractivity contribution is -0.140. The Balaban J connectivity index is 3.47. The molecule has 0 unspecified atom stereocenters. The number of carboxylic acid groups (broad SMARTS) is 1. The third kappa shape index (κ3) is 4.34. The Morgan fingerprint density at radius 2 is 1.95 bits per heavy atom. The minimum atomic E-state index is -4.94. The predicted octanol–water partition coefficient (Wildman–Crippen LogP) is 2.84. The molecule has 0 atom stereocenters. The first-order valence-electron chi connectivity index (χ1n) is 6.08. The summed E-state index contributed by atoms with van der Waals surface area (Å²) in [7, 11) is -4.61. The Kier molecular flexibility index (Phi) is 5.82. The zero-order valence-electron chi connectivity index (χ0n) is 11.4. The molecule has 1 rings (SSSR count). The van der Waals surface area contributed by atoms with Crippen molar-refractivity contribution >= 4 is 27.6 Å². The second kappa shape index (κ2) is 6.84. The SMILES string of the molecule is CCCN(CC(=O)O)S(=O)(=O)c1ccc(Cl)cc1C(F)(F)F. The van der Waals surface area contributed by atoms with E-state index in [2.05, 4.69) is 0 Å². The van der Waals surface area contributed by atoms with E-state index in [0.717, 1.165) is 12.1 Å². The largest absolute Gasteiger partial charge is 0.480 e. The summed E-state index contributed by atoms with van der Waals surface area (Å²) in [6, 6.07) is 2.24. The maximum Gasteiger partial charge on any atom is 0.417 e. The number of carboxylic acids is 1. The molecule has 0 aliphatic carbocycles. The van der Waals surface area contributed by atoms with Gasteiger partial charge in [0, 0.05) is 11.6 Å². The topological polar surface area (TPSA) is 74.7 Å². The van der Waals surface area contributed by atoms with Crippen LogP contribution in [0.15, 0.2) is 23.1 Å². The average Bonchev–Trinajstić information content (AvgIpc) is 2.36. The van der Waals surface area contributed by atoms with Crippen molar-refractivity contribution in [2.45, 2.75) is 24.4 Å². The maximum absolute atomic E-state index is 13.0. The first-order chi connectivity index (χ1) is 10.00. The average molecular weight is 360 g/mol. The monoisotopic (exact) mass is 359 g/mol. The van der Waals surface area contributed by atoms with Crippen LogP contribution in [0.25, 0.3) is 0 Å². The van der Waals surface area contributed by atoms with E-state index < -0.39 is 39.2 Å². The smallest absolute Gasteiger partial charge is 0.417 e. The number of carbonyl (C=O) groups is 1. The lowest BCUT2D eigenvalue weighted by Gasteiger charge is -2.22. The van der Waals surface area contributed by atoms with Crippen LogP contribution in [0, 0.1) is 0 Å². The van der Waals surface area contributed by atoms with Gasteiger partial charge in [0.05, 0.1) is 10.5 Å². The summed E-state index contributed by atoms with van der Waals surface area (Å²) in [5.74, 6) is -1.46. The molecular weight excluding hydrogens is 347 g/mol. The van der Waals surface area contributed by atoms with Crippen LogP contribution in [0.3, 0.4) is 0 Å². The fraction of sp³-hybridized carbons (Fsp3) is 0.417. The van der Waals surface area contributed by atoms with Crippen LogP contribution in [0.4, 0.5) is 13.2 Å². The van der Waals surface area contributed by atoms with Gasteiger partial charge in [-0.1, -0.05) is 18.5 Å². The summed E-state index contributed by atoms with van der Waals surface area (Å²) in [6.45, 7) is 0.446. The molecule has 1 N–H and O–H groups in total. The molecule has 0 aliphatic heterocycles. The molecule has 1 aromatic rings. The molecule has 5 nitrogen and oxygen atoms in total. The molecular formula is C12H13ClF3NO4S. The highest BCUT2D eigenvalue weighted by Crippen LogP contribution is 2.36. The zero-order chi connectivity index (χ0) is 17.1. The Morgan fingerprint density at radius 3 is 2.41 bits per heavy atom. The molecule has 0 spiro atoms. The Hall–Kier alpha value is -1.32. The fourth-order valence-corrected chi connectivity index (χ4v) is 3.62. The summed E-state index contributed by atoms with van der Waals surface area (Å²) >= 11 is 5.50. The van der Waals surface area contributed by atoms with Crippen LogP contribution in [-0.2, 0) is 21.0 Å². The Labute approximate surface area is 130 Å². The summed E-state index contributed by atoms with van der Waals surface area (Å²) in [5, 5.41) is 8.47. The van der Waals surface area contributed by atoms with Crippen LogP contribution in [-0.4, -0.2) is 36.9 Å². The molecule has 124 valence electrons. The number of aliphatic carboxylic acids is 1. The van der Waals surface area contributed by atoms with E-state index in [0.29, 0.717) is 10.4 Å². The van der Waals surface area contributed by atoms with Crippen molar-refractivity contribution < 1.29 is 31.5 Å². The molecule has 0 radical (unpaired) electrons. The van der Waals surface area contributed by atoms with Gasteiger partial charge in [0.15, 0.2) is 0 Å². The van der Waals surface area contributed by atoms with Gasteiger partial charge in [-0.25, -0.2) is 8.42 Å². The van der Waals surface area contributed by atoms with Gasteiger partial charge in [0.25, 0.3) is 0 Å². The number of nitrogens with zero attached hydrogens (tertiary/aromatic N) is 1. The molecule has 0 aromatic heterocycles. The van der Waals surface area contributed by atoms with Crippen LogP contribution in [0.1, 0.15) is 18.9 Å². The van der Waals surface area contributed by atoms with Crippen LogP contribution >= 0.6 is 11.6 Å². The molecule has 0 fully saturated rings. The number of rotatable bonds is 6. The highest BCUT2D eigenvalue weighted by molar-refractivity contribution is 7.89. The van der Waals surface area contributed by atoms with Gasteiger partial charge in [-0.15, -0.1) is 0 Å². The second-order valence-electron chi connectivity index (χ2n) is 4.37. The summed E-state index contributed by atoms with van der Waals surface area (Å²) in [5.41, 5.74) is -1.42. The number of alkyl halides is 3. The minimum absolute atomic E-state index is 0.214. The molecule has 0 aliphatic rings. The van der Waals surface area contributed by atoms with Gasteiger partial charge >= 0.3 is 12.1 Å². The quantitative estimate of drug-likeness (QED) is 0.847.